The summed E-state index contributed by atoms with van der Waals surface area (Å²) in [6.45, 7) is 4.74. The number of carboxylic acids is 2. The van der Waals surface area contributed by atoms with Crippen LogP contribution in [0.5, 0.6) is 0 Å². The van der Waals surface area contributed by atoms with Crippen molar-refractivity contribution in [3.8, 4) is 0 Å². The molecule has 3 aromatic rings. The number of rotatable bonds is 18. The molecule has 3 rings (SSSR count). The number of fused-ring (bicyclic) bond motifs is 1. The van der Waals surface area contributed by atoms with Gasteiger partial charge in [0.2, 0.25) is 29.5 Å². The second-order valence-corrected chi connectivity index (χ2v) is 12.6. The first-order valence-corrected chi connectivity index (χ1v) is 16.3. The van der Waals surface area contributed by atoms with E-state index in [9.17, 15) is 61.7 Å². The Balaban J connectivity index is 1.88. The molecule has 54 heavy (non-hydrogen) atoms. The van der Waals surface area contributed by atoms with Crippen LogP contribution in [0.1, 0.15) is 57.7 Å². The maximum atomic E-state index is 13.6. The zero-order valence-electron chi connectivity index (χ0n) is 29.0. The van der Waals surface area contributed by atoms with E-state index >= 15 is 0 Å². The van der Waals surface area contributed by atoms with Gasteiger partial charge in [0, 0.05) is 54.9 Å². The summed E-state index contributed by atoms with van der Waals surface area (Å²) in [6.07, 6.45) is -4.58. The van der Waals surface area contributed by atoms with E-state index in [0.29, 0.717) is 0 Å². The van der Waals surface area contributed by atoms with Crippen molar-refractivity contribution in [2.24, 2.45) is 5.92 Å². The number of alkyl halides is 3. The van der Waals surface area contributed by atoms with Crippen molar-refractivity contribution in [1.29, 1.82) is 0 Å². The van der Waals surface area contributed by atoms with Gasteiger partial charge in [0.15, 0.2) is 0 Å². The van der Waals surface area contributed by atoms with Crippen LogP contribution in [0.2, 0.25) is 0 Å². The number of aliphatic carboxylic acids is 2. The number of hydrogen-bond acceptors (Lipinski definition) is 10. The Morgan fingerprint density at radius 2 is 1.48 bits per heavy atom. The number of aromatic nitrogens is 2. The third-order valence-corrected chi connectivity index (χ3v) is 7.62. The molecule has 0 fully saturated rings. The van der Waals surface area contributed by atoms with Crippen molar-refractivity contribution < 1.29 is 61.4 Å². The van der Waals surface area contributed by atoms with Gasteiger partial charge in [-0.2, -0.15) is 13.2 Å². The first kappa shape index (κ1) is 42.1. The number of carbonyl (C=O) groups is 7. The molecule has 0 aliphatic carbocycles. The molecule has 18 nitrogen and oxygen atoms in total. The summed E-state index contributed by atoms with van der Waals surface area (Å²) in [7, 11) is 0. The van der Waals surface area contributed by atoms with Gasteiger partial charge in [-0.1, -0.05) is 13.8 Å². The summed E-state index contributed by atoms with van der Waals surface area (Å²) in [4.78, 5) is 107. The number of imidazole rings is 1. The monoisotopic (exact) mass is 765 g/mol. The first-order chi connectivity index (χ1) is 25.2. The van der Waals surface area contributed by atoms with Gasteiger partial charge in [-0.05, 0) is 30.9 Å². The first-order valence-electron chi connectivity index (χ1n) is 16.3. The third kappa shape index (κ3) is 12.7. The van der Waals surface area contributed by atoms with Gasteiger partial charge in [-0.25, -0.2) is 9.78 Å². The third-order valence-electron chi connectivity index (χ3n) is 7.62. The lowest BCUT2D eigenvalue weighted by Gasteiger charge is -2.26. The number of halogens is 3. The normalized spacial score (nSPS) is 13.6. The number of anilines is 1. The number of H-pyrrole nitrogens is 1. The topological polar surface area (TPSA) is 279 Å². The molecule has 0 bridgehead atoms. The molecule has 5 amide bonds. The minimum atomic E-state index is -4.91. The molecule has 2 heterocycles. The van der Waals surface area contributed by atoms with Crippen LogP contribution < -0.4 is 32.2 Å². The van der Waals surface area contributed by atoms with Crippen molar-refractivity contribution in [2.75, 3.05) is 5.32 Å². The van der Waals surface area contributed by atoms with E-state index in [-0.39, 0.29) is 36.2 Å². The van der Waals surface area contributed by atoms with Gasteiger partial charge in [-0.15, -0.1) is 0 Å². The van der Waals surface area contributed by atoms with Crippen molar-refractivity contribution in [3.05, 3.63) is 58.5 Å². The number of benzene rings is 1. The Morgan fingerprint density at radius 1 is 0.852 bits per heavy atom. The van der Waals surface area contributed by atoms with Crippen molar-refractivity contribution in [1.82, 2.24) is 31.2 Å². The zero-order valence-corrected chi connectivity index (χ0v) is 29.0. The average Bonchev–Trinajstić information content (AvgIpc) is 3.57. The Bertz CT molecular complexity index is 1930. The summed E-state index contributed by atoms with van der Waals surface area (Å²) in [5.74, 6) is -7.61. The highest BCUT2D eigenvalue weighted by molar-refractivity contribution is 6.01. The smallest absolute Gasteiger partial charge is 0.417 e. The van der Waals surface area contributed by atoms with E-state index < -0.39 is 113 Å². The maximum Gasteiger partial charge on any atom is 0.417 e. The Labute approximate surface area is 303 Å². The van der Waals surface area contributed by atoms with Crippen LogP contribution >= 0.6 is 0 Å². The number of nitrogens with zero attached hydrogens (tertiary/aromatic N) is 1. The van der Waals surface area contributed by atoms with Crippen LogP contribution in [-0.2, 0) is 46.2 Å². The average molecular weight is 766 g/mol. The highest BCUT2D eigenvalue weighted by atomic mass is 19.4. The molecule has 2 aromatic heterocycles. The molecule has 0 saturated heterocycles. The second-order valence-electron chi connectivity index (χ2n) is 12.6. The van der Waals surface area contributed by atoms with Gasteiger partial charge in [0.1, 0.15) is 29.8 Å². The fourth-order valence-corrected chi connectivity index (χ4v) is 5.22. The molecule has 21 heteroatoms. The van der Waals surface area contributed by atoms with Crippen LogP contribution in [0.15, 0.2) is 46.0 Å². The predicted octanol–water partition coefficient (Wildman–Crippen LogP) is 1.06. The van der Waals surface area contributed by atoms with Gasteiger partial charge in [0.05, 0.1) is 18.3 Å². The van der Waals surface area contributed by atoms with E-state index in [2.05, 4.69) is 36.6 Å². The van der Waals surface area contributed by atoms with Crippen molar-refractivity contribution >= 4 is 58.1 Å². The number of aromatic amines is 1. The highest BCUT2D eigenvalue weighted by Gasteiger charge is 2.35. The Morgan fingerprint density at radius 3 is 2.06 bits per heavy atom. The van der Waals surface area contributed by atoms with Crippen LogP contribution in [0, 0.1) is 5.92 Å². The minimum Gasteiger partial charge on any atom is -0.481 e. The van der Waals surface area contributed by atoms with E-state index in [0.717, 1.165) is 18.2 Å². The zero-order chi connectivity index (χ0) is 40.3. The van der Waals surface area contributed by atoms with Crippen LogP contribution in [0.4, 0.5) is 18.9 Å². The lowest BCUT2D eigenvalue weighted by molar-refractivity contribution is -0.140. The summed E-state index contributed by atoms with van der Waals surface area (Å²) in [5, 5.41) is 30.0. The fraction of sp³-hybridized carbons (Fsp3) is 0.424. The minimum absolute atomic E-state index is 0.0819. The van der Waals surface area contributed by atoms with E-state index in [1.807, 2.05) is 0 Å². The number of carbonyl (C=O) groups excluding carboxylic acids is 5. The highest BCUT2D eigenvalue weighted by Crippen LogP contribution is 2.34. The Kier molecular flexibility index (Phi) is 14.4. The standard InChI is InChI=1S/C33H38F3N7O11/c1-15(2)8-22(39-16(3)44)31(52)41-21(6-7-26(45)46)29(50)42-23(9-18-13-37-14-38-18)32(53)43-24(12-27(47)48)30(51)40-17-4-5-19-20(33(34,35)36)11-28(49)54-25(19)10-17/h4-5,10-11,13-15,21-24H,6-9,12H2,1-3H3,(H,37,38)(H,39,44)(H,40,51)(H,41,52)(H,42,50)(H,43,53)(H,45,46)(H,47,48)/t21-,22-,23-,24-/m0/s1. The largest absolute Gasteiger partial charge is 0.481 e. The molecule has 0 radical (unpaired) electrons. The molecule has 4 atom stereocenters. The van der Waals surface area contributed by atoms with E-state index in [1.54, 1.807) is 13.8 Å². The molecule has 0 aliphatic heterocycles. The molecular formula is C33H38F3N7O11. The number of carboxylic acid groups (broad SMARTS) is 2. The van der Waals surface area contributed by atoms with Crippen LogP contribution in [0.25, 0.3) is 11.0 Å². The fourth-order valence-electron chi connectivity index (χ4n) is 5.22. The molecule has 0 unspecified atom stereocenters. The van der Waals surface area contributed by atoms with Gasteiger partial charge < -0.3 is 46.2 Å². The van der Waals surface area contributed by atoms with Crippen LogP contribution in [-0.4, -0.2) is 85.8 Å². The molecule has 0 spiro atoms. The second kappa shape index (κ2) is 18.5. The number of nitrogens with one attached hydrogen (secondary N) is 6. The van der Waals surface area contributed by atoms with E-state index in [4.69, 9.17) is 4.42 Å². The quantitative estimate of drug-likeness (QED) is 0.0845. The lowest BCUT2D eigenvalue weighted by atomic mass is 10.0. The molecule has 1 aromatic carbocycles. The Hall–Kier alpha value is -6.28. The SMILES string of the molecule is CC(=O)N[C@@H](CC(C)C)C(=O)N[C@@H](CCC(=O)O)C(=O)N[C@@H](Cc1cnc[nH]1)C(=O)N[C@@H](CC(=O)O)C(=O)Nc1ccc2c(C(F)(F)F)cc(=O)oc2c1. The van der Waals surface area contributed by atoms with Crippen LogP contribution in [0.3, 0.4) is 0 Å². The van der Waals surface area contributed by atoms with Crippen molar-refractivity contribution in [3.63, 3.8) is 0 Å². The number of hydrogen-bond donors (Lipinski definition) is 8. The summed E-state index contributed by atoms with van der Waals surface area (Å²) < 4.78 is 45.3. The molecule has 8 N–H and O–H groups in total. The molecule has 0 aliphatic rings. The predicted molar refractivity (Wildman–Crippen MR) is 180 cm³/mol. The molecule has 0 saturated carbocycles. The lowest BCUT2D eigenvalue weighted by Crippen LogP contribution is -2.58. The van der Waals surface area contributed by atoms with Gasteiger partial charge >= 0.3 is 23.7 Å². The van der Waals surface area contributed by atoms with Gasteiger partial charge in [-0.3, -0.25) is 33.6 Å². The summed E-state index contributed by atoms with van der Waals surface area (Å²) in [6, 6.07) is -2.98. The number of amides is 5. The molecule has 292 valence electrons. The summed E-state index contributed by atoms with van der Waals surface area (Å²) in [5.41, 5.74) is -3.12. The van der Waals surface area contributed by atoms with E-state index in [1.165, 1.54) is 19.4 Å². The molecular weight excluding hydrogens is 727 g/mol. The summed E-state index contributed by atoms with van der Waals surface area (Å²) >= 11 is 0. The van der Waals surface area contributed by atoms with Crippen molar-refractivity contribution in [2.45, 2.75) is 83.2 Å². The maximum absolute atomic E-state index is 13.6. The van der Waals surface area contributed by atoms with Gasteiger partial charge in [0.25, 0.3) is 0 Å².